The van der Waals surface area contributed by atoms with Crippen LogP contribution in [0.1, 0.15) is 19.8 Å². The maximum Gasteiger partial charge on any atom is 0.270 e. The number of aliphatic hydroxyl groups excluding tert-OH is 1. The van der Waals surface area contributed by atoms with E-state index >= 15 is 0 Å². The number of likely N-dealkylation sites (tertiary alicyclic amines) is 1. The molecule has 1 aliphatic heterocycles. The Kier molecular flexibility index (Phi) is 4.59. The van der Waals surface area contributed by atoms with Crippen LogP contribution in [0.15, 0.2) is 27.5 Å². The largest absolute Gasteiger partial charge is 0.429 e. The van der Waals surface area contributed by atoms with Crippen molar-refractivity contribution in [1.82, 2.24) is 9.47 Å². The van der Waals surface area contributed by atoms with E-state index in [1.807, 2.05) is 0 Å². The molecule has 1 aromatic heterocycles. The highest BCUT2D eigenvalue weighted by Crippen LogP contribution is 2.23. The topological polar surface area (TPSA) is 75.7 Å². The van der Waals surface area contributed by atoms with E-state index in [4.69, 9.17) is 16.6 Å². The Morgan fingerprint density at radius 1 is 1.43 bits per heavy atom. The normalized spacial score (nSPS) is 20.2. The van der Waals surface area contributed by atoms with Crippen LogP contribution in [0.5, 0.6) is 0 Å². The van der Waals surface area contributed by atoms with Gasteiger partial charge in [0.1, 0.15) is 0 Å². The molecular formula is C15H20N2O4S2. The molecule has 6 nitrogen and oxygen atoms in total. The minimum Gasteiger partial charge on any atom is -0.429 e. The molecule has 0 spiro atoms. The number of aromatic nitrogens is 1. The Balaban J connectivity index is 2.00. The number of sulfone groups is 1. The maximum absolute atomic E-state index is 12.1. The fourth-order valence-electron chi connectivity index (χ4n) is 2.90. The lowest BCUT2D eigenvalue weighted by Gasteiger charge is -2.30. The first-order valence-corrected chi connectivity index (χ1v) is 9.73. The van der Waals surface area contributed by atoms with Crippen LogP contribution in [-0.4, -0.2) is 47.9 Å². The van der Waals surface area contributed by atoms with Crippen LogP contribution >= 0.6 is 12.2 Å². The molecule has 23 heavy (non-hydrogen) atoms. The lowest BCUT2D eigenvalue weighted by Crippen LogP contribution is -2.39. The number of hydrogen-bond donors (Lipinski definition) is 1. The molecule has 8 heteroatoms. The van der Waals surface area contributed by atoms with Crippen LogP contribution < -0.4 is 0 Å². The fourth-order valence-corrected chi connectivity index (χ4v) is 4.04. The van der Waals surface area contributed by atoms with Crippen molar-refractivity contribution < 1.29 is 17.9 Å². The third-order valence-corrected chi connectivity index (χ3v) is 6.24. The highest BCUT2D eigenvalue weighted by atomic mass is 32.2. The quantitative estimate of drug-likeness (QED) is 0.846. The van der Waals surface area contributed by atoms with Gasteiger partial charge in [-0.25, -0.2) is 8.42 Å². The number of rotatable bonds is 4. The van der Waals surface area contributed by atoms with Gasteiger partial charge in [0.25, 0.3) is 4.84 Å². The first-order valence-electron chi connectivity index (χ1n) is 7.67. The smallest absolute Gasteiger partial charge is 0.270 e. The second kappa shape index (κ2) is 6.35. The molecule has 0 unspecified atom stereocenters. The fraction of sp³-hybridized carbons (Fsp3) is 0.533. The molecule has 0 saturated carbocycles. The maximum atomic E-state index is 12.1. The lowest BCUT2D eigenvalue weighted by molar-refractivity contribution is 0.0542. The second-order valence-electron chi connectivity index (χ2n) is 5.84. The van der Waals surface area contributed by atoms with Crippen molar-refractivity contribution in [3.05, 3.63) is 23.0 Å². The Morgan fingerprint density at radius 2 is 2.22 bits per heavy atom. The number of nitrogens with zero attached hydrogens (tertiary/aromatic N) is 2. The minimum atomic E-state index is -3.28. The SMILES string of the molecule is CCS(=O)(=O)c1ccc2oc(=S)n(CN3CCC[C@H](O)C3)c2c1. The first-order chi connectivity index (χ1) is 10.9. The third-order valence-electron chi connectivity index (χ3n) is 4.20. The summed E-state index contributed by atoms with van der Waals surface area (Å²) in [6.45, 7) is 3.56. The zero-order chi connectivity index (χ0) is 16.6. The van der Waals surface area contributed by atoms with Gasteiger partial charge in [-0.05, 0) is 43.3 Å². The van der Waals surface area contributed by atoms with Crippen molar-refractivity contribution >= 4 is 33.2 Å². The average Bonchev–Trinajstić information content (AvgIpc) is 2.83. The summed E-state index contributed by atoms with van der Waals surface area (Å²) in [5.41, 5.74) is 1.24. The van der Waals surface area contributed by atoms with Crippen LogP contribution in [0, 0.1) is 4.84 Å². The molecule has 1 fully saturated rings. The molecule has 0 amide bonds. The van der Waals surface area contributed by atoms with Crippen molar-refractivity contribution in [2.75, 3.05) is 18.8 Å². The zero-order valence-corrected chi connectivity index (χ0v) is 14.6. The van der Waals surface area contributed by atoms with Gasteiger partial charge in [0.2, 0.25) is 0 Å². The van der Waals surface area contributed by atoms with E-state index in [2.05, 4.69) is 4.90 Å². The van der Waals surface area contributed by atoms with Crippen LogP contribution in [0.3, 0.4) is 0 Å². The van der Waals surface area contributed by atoms with E-state index in [9.17, 15) is 13.5 Å². The summed E-state index contributed by atoms with van der Waals surface area (Å²) in [5.74, 6) is 0.0510. The van der Waals surface area contributed by atoms with Gasteiger partial charge < -0.3 is 9.52 Å². The zero-order valence-electron chi connectivity index (χ0n) is 12.9. The average molecular weight is 356 g/mol. The number of benzene rings is 1. The van der Waals surface area contributed by atoms with E-state index in [-0.39, 0.29) is 16.8 Å². The van der Waals surface area contributed by atoms with Gasteiger partial charge in [-0.15, -0.1) is 0 Å². The molecule has 1 atom stereocenters. The predicted octanol–water partition coefficient (Wildman–Crippen LogP) is 2.17. The molecule has 1 N–H and O–H groups in total. The van der Waals surface area contributed by atoms with Crippen LogP contribution in [0.2, 0.25) is 0 Å². The van der Waals surface area contributed by atoms with Crippen molar-refractivity contribution in [2.24, 2.45) is 0 Å². The van der Waals surface area contributed by atoms with E-state index in [1.165, 1.54) is 0 Å². The van der Waals surface area contributed by atoms with Gasteiger partial charge in [0, 0.05) is 13.1 Å². The summed E-state index contributed by atoms with van der Waals surface area (Å²) >= 11 is 5.27. The Hall–Kier alpha value is -1.22. The van der Waals surface area contributed by atoms with Crippen molar-refractivity contribution in [3.8, 4) is 0 Å². The van der Waals surface area contributed by atoms with Crippen molar-refractivity contribution in [3.63, 3.8) is 0 Å². The summed E-state index contributed by atoms with van der Waals surface area (Å²) in [6.07, 6.45) is 1.42. The number of β-amino-alcohol motifs (C(OH)–C–C–N with tert-alkyl or cyclic N) is 1. The van der Waals surface area contributed by atoms with Gasteiger partial charge in [-0.3, -0.25) is 9.47 Å². The summed E-state index contributed by atoms with van der Waals surface area (Å²) in [5, 5.41) is 9.79. The van der Waals surface area contributed by atoms with Gasteiger partial charge in [-0.1, -0.05) is 6.92 Å². The van der Waals surface area contributed by atoms with E-state index in [0.717, 1.165) is 19.4 Å². The standard InChI is InChI=1S/C15H20N2O4S2/c1-2-23(19,20)12-5-6-14-13(8-12)17(15(22)21-14)10-16-7-3-4-11(18)9-16/h5-6,8,11,18H,2-4,7,9-10H2,1H3/t11-/m0/s1. The first kappa shape index (κ1) is 16.6. The lowest BCUT2D eigenvalue weighted by atomic mass is 10.1. The Labute approximate surface area is 140 Å². The summed E-state index contributed by atoms with van der Waals surface area (Å²) < 4.78 is 31.5. The molecule has 1 saturated heterocycles. The molecular weight excluding hydrogens is 336 g/mol. The van der Waals surface area contributed by atoms with E-state index in [1.54, 1.807) is 29.7 Å². The Morgan fingerprint density at radius 3 is 2.91 bits per heavy atom. The summed E-state index contributed by atoms with van der Waals surface area (Å²) in [6, 6.07) is 4.82. The number of aliphatic hydroxyl groups is 1. The predicted molar refractivity (Wildman–Crippen MR) is 89.6 cm³/mol. The molecule has 2 aromatic rings. The van der Waals surface area contributed by atoms with E-state index in [0.29, 0.717) is 29.2 Å². The molecule has 0 aliphatic carbocycles. The highest BCUT2D eigenvalue weighted by molar-refractivity contribution is 7.91. The monoisotopic (exact) mass is 356 g/mol. The molecule has 126 valence electrons. The second-order valence-corrected chi connectivity index (χ2v) is 8.47. The molecule has 1 aliphatic rings. The third kappa shape index (κ3) is 3.35. The van der Waals surface area contributed by atoms with E-state index < -0.39 is 9.84 Å². The number of piperidine rings is 1. The minimum absolute atomic E-state index is 0.0510. The van der Waals surface area contributed by atoms with Gasteiger partial charge >= 0.3 is 0 Å². The van der Waals surface area contributed by atoms with Crippen LogP contribution in [0.25, 0.3) is 11.1 Å². The molecule has 0 radical (unpaired) electrons. The number of oxazole rings is 1. The molecule has 3 rings (SSSR count). The summed E-state index contributed by atoms with van der Waals surface area (Å²) in [7, 11) is -3.28. The van der Waals surface area contributed by atoms with Gasteiger partial charge in [-0.2, -0.15) is 0 Å². The molecule has 0 bridgehead atoms. The van der Waals surface area contributed by atoms with Crippen molar-refractivity contribution in [1.29, 1.82) is 0 Å². The summed E-state index contributed by atoms with van der Waals surface area (Å²) in [4.78, 5) is 2.68. The molecule has 1 aromatic carbocycles. The molecule has 2 heterocycles. The highest BCUT2D eigenvalue weighted by Gasteiger charge is 2.20. The Bertz CT molecular complexity index is 869. The number of hydrogen-bond acceptors (Lipinski definition) is 6. The van der Waals surface area contributed by atoms with Crippen LogP contribution in [0.4, 0.5) is 0 Å². The van der Waals surface area contributed by atoms with Gasteiger partial charge in [0.15, 0.2) is 15.4 Å². The van der Waals surface area contributed by atoms with Crippen LogP contribution in [-0.2, 0) is 16.5 Å². The number of fused-ring (bicyclic) bond motifs is 1. The van der Waals surface area contributed by atoms with Crippen molar-refractivity contribution in [2.45, 2.75) is 37.4 Å². The van der Waals surface area contributed by atoms with Gasteiger partial charge in [0.05, 0.1) is 28.9 Å².